The number of urea groups is 1. The van der Waals surface area contributed by atoms with Crippen LogP contribution in [0.5, 0.6) is 0 Å². The molecule has 8 nitrogen and oxygen atoms in total. The first kappa shape index (κ1) is 21.1. The van der Waals surface area contributed by atoms with Crippen LogP contribution in [-0.4, -0.2) is 54.7 Å². The largest absolute Gasteiger partial charge is 0.462 e. The van der Waals surface area contributed by atoms with Crippen LogP contribution in [0.25, 0.3) is 0 Å². The van der Waals surface area contributed by atoms with E-state index in [0.717, 1.165) is 24.3 Å². The molecule has 0 bridgehead atoms. The molecule has 1 aliphatic rings. The molecule has 0 unspecified atom stereocenters. The van der Waals surface area contributed by atoms with Gasteiger partial charge in [-0.3, -0.25) is 0 Å². The van der Waals surface area contributed by atoms with E-state index < -0.39 is 0 Å². The Bertz CT molecular complexity index is 906. The molecule has 0 atom stereocenters. The first-order chi connectivity index (χ1) is 14.6. The van der Waals surface area contributed by atoms with Crippen molar-refractivity contribution in [3.05, 3.63) is 53.7 Å². The van der Waals surface area contributed by atoms with E-state index in [1.165, 1.54) is 6.20 Å². The Morgan fingerprint density at radius 1 is 1.13 bits per heavy atom. The third-order valence-electron chi connectivity index (χ3n) is 4.85. The number of amides is 2. The number of hydrogen-bond donors (Lipinski definition) is 1. The van der Waals surface area contributed by atoms with Crippen molar-refractivity contribution in [1.29, 1.82) is 5.26 Å². The summed E-state index contributed by atoms with van der Waals surface area (Å²) in [6.07, 6.45) is 2.69. The second-order valence-corrected chi connectivity index (χ2v) is 6.92. The molecule has 30 heavy (non-hydrogen) atoms. The molecule has 1 fully saturated rings. The highest BCUT2D eigenvalue weighted by Crippen LogP contribution is 2.16. The van der Waals surface area contributed by atoms with Crippen molar-refractivity contribution >= 4 is 23.5 Å². The van der Waals surface area contributed by atoms with Gasteiger partial charge in [0.15, 0.2) is 0 Å². The van der Waals surface area contributed by atoms with E-state index in [2.05, 4.69) is 21.3 Å². The van der Waals surface area contributed by atoms with Crippen molar-refractivity contribution in [3.63, 3.8) is 0 Å². The van der Waals surface area contributed by atoms with Crippen molar-refractivity contribution in [1.82, 2.24) is 9.88 Å². The second-order valence-electron chi connectivity index (χ2n) is 6.92. The molecule has 156 valence electrons. The molecule has 3 rings (SSSR count). The van der Waals surface area contributed by atoms with Gasteiger partial charge in [-0.15, -0.1) is 0 Å². The van der Waals surface area contributed by atoms with Crippen molar-refractivity contribution in [2.24, 2.45) is 0 Å². The van der Waals surface area contributed by atoms with E-state index in [-0.39, 0.29) is 12.0 Å². The Morgan fingerprint density at radius 2 is 1.93 bits per heavy atom. The Balaban J connectivity index is 1.55. The first-order valence-corrected chi connectivity index (χ1v) is 10.0. The summed E-state index contributed by atoms with van der Waals surface area (Å²) in [7, 11) is 0. The number of anilines is 2. The minimum Gasteiger partial charge on any atom is -0.462 e. The zero-order chi connectivity index (χ0) is 21.3. The van der Waals surface area contributed by atoms with Crippen molar-refractivity contribution in [2.75, 3.05) is 43.0 Å². The average Bonchev–Trinajstić information content (AvgIpc) is 3.02. The number of nitriles is 1. The lowest BCUT2D eigenvalue weighted by molar-refractivity contribution is 0.0526. The van der Waals surface area contributed by atoms with Gasteiger partial charge in [-0.1, -0.05) is 12.1 Å². The van der Waals surface area contributed by atoms with Crippen LogP contribution in [0.15, 0.2) is 42.6 Å². The van der Waals surface area contributed by atoms with Gasteiger partial charge in [-0.05, 0) is 43.2 Å². The van der Waals surface area contributed by atoms with Crippen molar-refractivity contribution in [2.45, 2.75) is 19.8 Å². The van der Waals surface area contributed by atoms with Gasteiger partial charge in [0.25, 0.3) is 0 Å². The third kappa shape index (κ3) is 5.47. The van der Waals surface area contributed by atoms with Gasteiger partial charge in [0.05, 0.1) is 24.7 Å². The quantitative estimate of drug-likeness (QED) is 0.765. The van der Waals surface area contributed by atoms with Gasteiger partial charge in [-0.25, -0.2) is 14.6 Å². The Labute approximate surface area is 176 Å². The number of rotatable bonds is 5. The number of nitrogens with one attached hydrogen (secondary N) is 1. The van der Waals surface area contributed by atoms with E-state index in [4.69, 9.17) is 10.00 Å². The highest BCUT2D eigenvalue weighted by Gasteiger charge is 2.20. The van der Waals surface area contributed by atoms with Gasteiger partial charge in [0.2, 0.25) is 0 Å². The molecule has 0 radical (unpaired) electrons. The maximum absolute atomic E-state index is 12.6. The lowest BCUT2D eigenvalue weighted by atomic mass is 10.1. The lowest BCUT2D eigenvalue weighted by Crippen LogP contribution is -2.38. The third-order valence-corrected chi connectivity index (χ3v) is 4.85. The maximum Gasteiger partial charge on any atom is 0.339 e. The van der Waals surface area contributed by atoms with Crippen LogP contribution in [0.3, 0.4) is 0 Å². The summed E-state index contributed by atoms with van der Waals surface area (Å²) in [5.74, 6) is 0.398. The highest BCUT2D eigenvalue weighted by molar-refractivity contribution is 5.90. The fraction of sp³-hybridized carbons (Fsp3) is 0.364. The summed E-state index contributed by atoms with van der Waals surface area (Å²) in [5.41, 5.74) is 2.05. The number of pyridine rings is 1. The van der Waals surface area contributed by atoms with E-state index >= 15 is 0 Å². The van der Waals surface area contributed by atoms with Crippen LogP contribution in [0.1, 0.15) is 29.3 Å². The number of nitrogens with zero attached hydrogens (tertiary/aromatic N) is 4. The van der Waals surface area contributed by atoms with E-state index in [0.29, 0.717) is 43.9 Å². The SMILES string of the molecule is CCOC(=O)c1ccc(N2CCCN(C(=O)Nc3ccc(CC#N)cc3)CC2)nc1. The number of carbonyl (C=O) groups is 2. The van der Waals surface area contributed by atoms with E-state index in [1.54, 1.807) is 17.9 Å². The monoisotopic (exact) mass is 407 g/mol. The van der Waals surface area contributed by atoms with E-state index in [1.807, 2.05) is 30.3 Å². The van der Waals surface area contributed by atoms with Crippen LogP contribution >= 0.6 is 0 Å². The van der Waals surface area contributed by atoms with Crippen LogP contribution in [-0.2, 0) is 11.2 Å². The van der Waals surface area contributed by atoms with E-state index in [9.17, 15) is 9.59 Å². The molecule has 1 aromatic heterocycles. The molecular weight excluding hydrogens is 382 g/mol. The predicted molar refractivity (Wildman–Crippen MR) is 113 cm³/mol. The van der Waals surface area contributed by atoms with Crippen LogP contribution in [0.4, 0.5) is 16.3 Å². The first-order valence-electron chi connectivity index (χ1n) is 10.0. The molecule has 1 N–H and O–H groups in total. The van der Waals surface area contributed by atoms with Gasteiger partial charge in [-0.2, -0.15) is 5.26 Å². The minimum atomic E-state index is -0.379. The molecular formula is C22H25N5O3. The lowest BCUT2D eigenvalue weighted by Gasteiger charge is -2.23. The minimum absolute atomic E-state index is 0.143. The maximum atomic E-state index is 12.6. The Morgan fingerprint density at radius 3 is 2.60 bits per heavy atom. The molecule has 1 aromatic carbocycles. The molecule has 2 heterocycles. The molecule has 1 aliphatic heterocycles. The standard InChI is InChI=1S/C22H25N5O3/c1-2-30-21(28)18-6-9-20(24-16-18)26-12-3-13-27(15-14-26)22(29)25-19-7-4-17(5-8-19)10-11-23/h4-9,16H,2-3,10,12-15H2,1H3,(H,25,29). The molecule has 0 spiro atoms. The Hall–Kier alpha value is -3.60. The summed E-state index contributed by atoms with van der Waals surface area (Å²) in [4.78, 5) is 32.7. The molecule has 1 saturated heterocycles. The fourth-order valence-electron chi connectivity index (χ4n) is 3.26. The molecule has 2 amide bonds. The fourth-order valence-corrected chi connectivity index (χ4v) is 3.26. The van der Waals surface area contributed by atoms with Crippen LogP contribution < -0.4 is 10.2 Å². The van der Waals surface area contributed by atoms with Gasteiger partial charge in [0.1, 0.15) is 5.82 Å². The highest BCUT2D eigenvalue weighted by atomic mass is 16.5. The molecule has 8 heteroatoms. The van der Waals surface area contributed by atoms with Gasteiger partial charge < -0.3 is 19.9 Å². The number of carbonyl (C=O) groups excluding carboxylic acids is 2. The number of benzene rings is 1. The zero-order valence-electron chi connectivity index (χ0n) is 17.0. The second kappa shape index (κ2) is 10.3. The number of aromatic nitrogens is 1. The molecule has 2 aromatic rings. The smallest absolute Gasteiger partial charge is 0.339 e. The van der Waals surface area contributed by atoms with Crippen molar-refractivity contribution in [3.8, 4) is 6.07 Å². The number of ether oxygens (including phenoxy) is 1. The molecule has 0 aliphatic carbocycles. The van der Waals surface area contributed by atoms with Crippen molar-refractivity contribution < 1.29 is 14.3 Å². The number of hydrogen-bond acceptors (Lipinski definition) is 6. The topological polar surface area (TPSA) is 98.6 Å². The summed E-state index contributed by atoms with van der Waals surface area (Å²) >= 11 is 0. The average molecular weight is 407 g/mol. The van der Waals surface area contributed by atoms with Gasteiger partial charge in [0, 0.05) is 38.1 Å². The summed E-state index contributed by atoms with van der Waals surface area (Å²) in [6, 6.07) is 12.8. The zero-order valence-corrected chi connectivity index (χ0v) is 17.0. The predicted octanol–water partition coefficient (Wildman–Crippen LogP) is 3.07. The summed E-state index contributed by atoms with van der Waals surface area (Å²) in [5, 5.41) is 11.7. The Kier molecular flexibility index (Phi) is 7.22. The van der Waals surface area contributed by atoms with Crippen LogP contribution in [0, 0.1) is 11.3 Å². The molecule has 0 saturated carbocycles. The van der Waals surface area contributed by atoms with Gasteiger partial charge >= 0.3 is 12.0 Å². The van der Waals surface area contributed by atoms with Crippen LogP contribution in [0.2, 0.25) is 0 Å². The summed E-state index contributed by atoms with van der Waals surface area (Å²) < 4.78 is 4.98. The number of esters is 1. The normalized spacial score (nSPS) is 13.9. The summed E-state index contributed by atoms with van der Waals surface area (Å²) in [6.45, 7) is 4.74.